The lowest BCUT2D eigenvalue weighted by atomic mass is 10.1. The molecule has 19 heavy (non-hydrogen) atoms. The zero-order chi connectivity index (χ0) is 13.8. The number of nitrogens with zero attached hydrogens (tertiary/aromatic N) is 2. The maximum Gasteiger partial charge on any atom is 0.340 e. The molecule has 0 unspecified atom stereocenters. The van der Waals surface area contributed by atoms with Crippen LogP contribution < -0.4 is 0 Å². The van der Waals surface area contributed by atoms with Gasteiger partial charge >= 0.3 is 11.9 Å². The average Bonchev–Trinajstić information content (AvgIpc) is 2.87. The number of benzene rings is 1. The van der Waals surface area contributed by atoms with E-state index in [-0.39, 0.29) is 13.2 Å². The first-order chi connectivity index (χ1) is 9.19. The van der Waals surface area contributed by atoms with Crippen LogP contribution in [0.15, 0.2) is 12.1 Å². The summed E-state index contributed by atoms with van der Waals surface area (Å²) in [6.07, 6.45) is 0. The maximum absolute atomic E-state index is 11.8. The van der Waals surface area contributed by atoms with Gasteiger partial charge in [0.2, 0.25) is 0 Å². The molecular formula is C12H12N2O4S. The number of carbonyl (C=O) groups is 2. The Hall–Kier alpha value is -2.02. The van der Waals surface area contributed by atoms with Crippen LogP contribution in [0.1, 0.15) is 34.6 Å². The highest BCUT2D eigenvalue weighted by molar-refractivity contribution is 7.00. The number of ether oxygens (including phenoxy) is 2. The van der Waals surface area contributed by atoms with Crippen molar-refractivity contribution in [3.05, 3.63) is 23.3 Å². The Labute approximate surface area is 113 Å². The summed E-state index contributed by atoms with van der Waals surface area (Å²) in [4.78, 5) is 23.5. The Balaban J connectivity index is 2.50. The van der Waals surface area contributed by atoms with Crippen LogP contribution in [0, 0.1) is 0 Å². The molecular weight excluding hydrogens is 268 g/mol. The number of aromatic nitrogens is 2. The van der Waals surface area contributed by atoms with Crippen LogP contribution in [-0.2, 0) is 9.47 Å². The minimum atomic E-state index is -0.476. The van der Waals surface area contributed by atoms with Gasteiger partial charge in [0.15, 0.2) is 0 Å². The molecule has 0 saturated carbocycles. The van der Waals surface area contributed by atoms with Gasteiger partial charge in [-0.05, 0) is 26.0 Å². The smallest absolute Gasteiger partial charge is 0.340 e. The van der Waals surface area contributed by atoms with Crippen molar-refractivity contribution < 1.29 is 19.1 Å². The second-order valence-electron chi connectivity index (χ2n) is 3.56. The molecule has 0 radical (unpaired) electrons. The van der Waals surface area contributed by atoms with Crippen LogP contribution >= 0.6 is 11.7 Å². The first-order valence-corrected chi connectivity index (χ1v) is 6.51. The lowest BCUT2D eigenvalue weighted by Gasteiger charge is -2.05. The molecule has 1 aromatic carbocycles. The van der Waals surface area contributed by atoms with Crippen molar-refractivity contribution >= 4 is 34.7 Å². The molecule has 0 fully saturated rings. The third-order valence-corrected chi connectivity index (χ3v) is 2.93. The van der Waals surface area contributed by atoms with E-state index in [1.54, 1.807) is 13.8 Å². The summed E-state index contributed by atoms with van der Waals surface area (Å²) < 4.78 is 18.0. The quantitative estimate of drug-likeness (QED) is 0.797. The van der Waals surface area contributed by atoms with Gasteiger partial charge in [0, 0.05) is 0 Å². The van der Waals surface area contributed by atoms with Crippen molar-refractivity contribution in [2.45, 2.75) is 13.8 Å². The second kappa shape index (κ2) is 5.75. The largest absolute Gasteiger partial charge is 0.462 e. The minimum absolute atomic E-state index is 0.275. The van der Waals surface area contributed by atoms with E-state index in [0.29, 0.717) is 22.2 Å². The molecule has 7 heteroatoms. The van der Waals surface area contributed by atoms with Crippen LogP contribution in [0.3, 0.4) is 0 Å². The summed E-state index contributed by atoms with van der Waals surface area (Å²) >= 11 is 0.937. The first kappa shape index (κ1) is 13.4. The summed E-state index contributed by atoms with van der Waals surface area (Å²) in [5.41, 5.74) is 1.35. The van der Waals surface area contributed by atoms with E-state index in [1.165, 1.54) is 12.1 Å². The van der Waals surface area contributed by atoms with Gasteiger partial charge in [0.1, 0.15) is 11.0 Å². The van der Waals surface area contributed by atoms with E-state index in [1.807, 2.05) is 0 Å². The molecule has 0 bridgehead atoms. The van der Waals surface area contributed by atoms with Crippen molar-refractivity contribution in [1.29, 1.82) is 0 Å². The summed E-state index contributed by atoms with van der Waals surface area (Å²) in [5.74, 6) is -0.953. The number of hydrogen-bond acceptors (Lipinski definition) is 7. The van der Waals surface area contributed by atoms with Gasteiger partial charge in [-0.15, -0.1) is 0 Å². The van der Waals surface area contributed by atoms with Gasteiger partial charge in [-0.1, -0.05) is 0 Å². The third kappa shape index (κ3) is 2.55. The van der Waals surface area contributed by atoms with Gasteiger partial charge in [-0.3, -0.25) is 0 Å². The number of fused-ring (bicyclic) bond motifs is 1. The molecule has 100 valence electrons. The molecule has 6 nitrogen and oxygen atoms in total. The average molecular weight is 280 g/mol. The molecule has 1 heterocycles. The summed E-state index contributed by atoms with van der Waals surface area (Å²) in [6.45, 7) is 4.00. The molecule has 2 aromatic rings. The predicted octanol–water partition coefficient (Wildman–Crippen LogP) is 2.04. The van der Waals surface area contributed by atoms with Crippen molar-refractivity contribution in [3.8, 4) is 0 Å². The highest BCUT2D eigenvalue weighted by Gasteiger charge is 2.20. The molecule has 0 saturated heterocycles. The number of rotatable bonds is 4. The SMILES string of the molecule is CCOC(=O)c1ccc(C(=O)OCC)c2nsnc12. The summed E-state index contributed by atoms with van der Waals surface area (Å²) in [7, 11) is 0. The summed E-state index contributed by atoms with van der Waals surface area (Å²) in [5, 5.41) is 0. The van der Waals surface area contributed by atoms with E-state index < -0.39 is 11.9 Å². The molecule has 0 spiro atoms. The molecule has 0 aliphatic rings. The van der Waals surface area contributed by atoms with Crippen LogP contribution in [0.5, 0.6) is 0 Å². The monoisotopic (exact) mass is 280 g/mol. The Kier molecular flexibility index (Phi) is 4.06. The molecule has 0 aliphatic heterocycles. The van der Waals surface area contributed by atoms with E-state index in [9.17, 15) is 9.59 Å². The van der Waals surface area contributed by atoms with Crippen LogP contribution in [0.2, 0.25) is 0 Å². The van der Waals surface area contributed by atoms with Crippen molar-refractivity contribution in [1.82, 2.24) is 8.75 Å². The lowest BCUT2D eigenvalue weighted by Crippen LogP contribution is -2.09. The topological polar surface area (TPSA) is 78.4 Å². The van der Waals surface area contributed by atoms with E-state index in [2.05, 4.69) is 8.75 Å². The van der Waals surface area contributed by atoms with Crippen molar-refractivity contribution in [3.63, 3.8) is 0 Å². The summed E-state index contributed by atoms with van der Waals surface area (Å²) in [6, 6.07) is 3.02. The zero-order valence-corrected chi connectivity index (χ0v) is 11.3. The highest BCUT2D eigenvalue weighted by Crippen LogP contribution is 2.22. The van der Waals surface area contributed by atoms with Crippen LogP contribution in [0.25, 0.3) is 11.0 Å². The zero-order valence-electron chi connectivity index (χ0n) is 10.5. The molecule has 0 aliphatic carbocycles. The van der Waals surface area contributed by atoms with E-state index in [4.69, 9.17) is 9.47 Å². The first-order valence-electron chi connectivity index (χ1n) is 5.78. The third-order valence-electron chi connectivity index (χ3n) is 2.41. The fourth-order valence-electron chi connectivity index (χ4n) is 1.61. The second-order valence-corrected chi connectivity index (χ2v) is 4.09. The standard InChI is InChI=1S/C12H12N2O4S/c1-3-17-11(15)7-5-6-8(12(16)18-4-2)10-9(7)13-19-14-10/h5-6H,3-4H2,1-2H3. The molecule has 0 atom stereocenters. The maximum atomic E-state index is 11.8. The Morgan fingerprint density at radius 2 is 1.42 bits per heavy atom. The molecule has 1 aromatic heterocycles. The Morgan fingerprint density at radius 3 is 1.79 bits per heavy atom. The number of esters is 2. The van der Waals surface area contributed by atoms with Crippen molar-refractivity contribution in [2.75, 3.05) is 13.2 Å². The predicted molar refractivity (Wildman–Crippen MR) is 69.3 cm³/mol. The van der Waals surface area contributed by atoms with E-state index in [0.717, 1.165) is 11.7 Å². The van der Waals surface area contributed by atoms with Gasteiger partial charge in [-0.25, -0.2) is 9.59 Å². The molecule has 0 amide bonds. The van der Waals surface area contributed by atoms with Crippen LogP contribution in [0.4, 0.5) is 0 Å². The normalized spacial score (nSPS) is 10.4. The molecule has 0 N–H and O–H groups in total. The van der Waals surface area contributed by atoms with Crippen molar-refractivity contribution in [2.24, 2.45) is 0 Å². The Morgan fingerprint density at radius 1 is 1.00 bits per heavy atom. The Bertz CT molecular complexity index is 571. The van der Waals surface area contributed by atoms with Crippen LogP contribution in [-0.4, -0.2) is 33.9 Å². The van der Waals surface area contributed by atoms with Gasteiger partial charge < -0.3 is 9.47 Å². The van der Waals surface area contributed by atoms with Gasteiger partial charge in [0.25, 0.3) is 0 Å². The minimum Gasteiger partial charge on any atom is -0.462 e. The van der Waals surface area contributed by atoms with Gasteiger partial charge in [-0.2, -0.15) is 8.75 Å². The lowest BCUT2D eigenvalue weighted by molar-refractivity contribution is 0.0514. The molecule has 2 rings (SSSR count). The van der Waals surface area contributed by atoms with E-state index >= 15 is 0 Å². The highest BCUT2D eigenvalue weighted by atomic mass is 32.1. The fourth-order valence-corrected chi connectivity index (χ4v) is 2.19. The number of carbonyl (C=O) groups excluding carboxylic acids is 2. The fraction of sp³-hybridized carbons (Fsp3) is 0.333. The van der Waals surface area contributed by atoms with Gasteiger partial charge in [0.05, 0.1) is 36.1 Å². The number of hydrogen-bond donors (Lipinski definition) is 0.